The molecule has 34 heteroatoms. The van der Waals surface area contributed by atoms with Crippen molar-refractivity contribution in [3.05, 3.63) is 58.3 Å². The van der Waals surface area contributed by atoms with E-state index in [4.69, 9.17) is 10.00 Å². The number of unbranched alkanes of at least 4 members (excludes halogenated alkanes) is 3. The second-order valence-corrected chi connectivity index (χ2v) is 25.5. The van der Waals surface area contributed by atoms with Gasteiger partial charge in [-0.05, 0) is 79.9 Å². The maximum absolute atomic E-state index is 13.3. The summed E-state index contributed by atoms with van der Waals surface area (Å²) in [5, 5.41) is 31.0. The molecule has 3 aliphatic rings. The van der Waals surface area contributed by atoms with Gasteiger partial charge in [-0.25, -0.2) is 0 Å². The van der Waals surface area contributed by atoms with Crippen LogP contribution in [0.3, 0.4) is 0 Å². The number of fused-ring (bicyclic) bond motifs is 2. The second kappa shape index (κ2) is 33.9. The van der Waals surface area contributed by atoms with Gasteiger partial charge in [-0.2, -0.15) is 74.1 Å². The van der Waals surface area contributed by atoms with Crippen LogP contribution in [0, 0.1) is 69.4 Å². The monoisotopic (exact) mass is 1250 g/mol. The molecule has 0 heterocycles. The zero-order valence-corrected chi connectivity index (χ0v) is 47.1. The number of hydrogen-bond acceptors (Lipinski definition) is 22. The van der Waals surface area contributed by atoms with E-state index in [9.17, 15) is 89.2 Å². The normalized spacial score (nSPS) is 20.7. The highest BCUT2D eigenvalue weighted by molar-refractivity contribution is 7.88. The summed E-state index contributed by atoms with van der Waals surface area (Å²) in [6, 6.07) is 8.45. The van der Waals surface area contributed by atoms with E-state index < -0.39 is 119 Å². The number of hydrogen-bond donors (Lipinski definition) is 4. The Morgan fingerprint density at radius 1 is 0.588 bits per heavy atom. The molecule has 3 aliphatic carbocycles. The second-order valence-electron chi connectivity index (χ2n) is 18.5. The van der Waals surface area contributed by atoms with Crippen LogP contribution >= 0.6 is 0 Å². The van der Waals surface area contributed by atoms with Gasteiger partial charge in [0.2, 0.25) is 28.4 Å². The van der Waals surface area contributed by atoms with Crippen molar-refractivity contribution < 1.29 is 130 Å². The molecule has 3 fully saturated rings. The van der Waals surface area contributed by atoms with E-state index in [1.807, 2.05) is 6.92 Å². The van der Waals surface area contributed by atoms with Crippen LogP contribution in [0.5, 0.6) is 5.75 Å². The molecule has 4 N–H and O–H groups in total. The molecule has 0 radical (unpaired) electrons. The Balaban J connectivity index is 0.000000535. The van der Waals surface area contributed by atoms with Crippen molar-refractivity contribution in [1.29, 1.82) is 5.26 Å². The van der Waals surface area contributed by atoms with Crippen LogP contribution < -0.4 is 4.74 Å². The minimum Gasteiger partial charge on any atom is -0.497 e. The third-order valence-electron chi connectivity index (χ3n) is 12.7. The molecule has 3 saturated carbocycles. The first-order valence-electron chi connectivity index (χ1n) is 24.3. The highest BCUT2D eigenvalue weighted by Crippen LogP contribution is 2.52. The molecule has 22 nitrogen and oxygen atoms in total. The molecule has 0 saturated heterocycles. The van der Waals surface area contributed by atoms with Crippen molar-refractivity contribution in [2.45, 2.75) is 129 Å². The van der Waals surface area contributed by atoms with Crippen LogP contribution in [0.15, 0.2) is 24.3 Å². The summed E-state index contributed by atoms with van der Waals surface area (Å²) in [5.74, 6) is 0.968. The molecule has 8 unspecified atom stereocenters. The first kappa shape index (κ1) is 74.8. The molecule has 0 amide bonds. The topological polar surface area (TPSA) is 324 Å². The largest absolute Gasteiger partial charge is 0.497 e. The Labute approximate surface area is 462 Å². The molecule has 0 aliphatic heterocycles. The van der Waals surface area contributed by atoms with Gasteiger partial charge in [0.15, 0.2) is 0 Å². The minimum absolute atomic E-state index is 0.0121. The van der Waals surface area contributed by atoms with Gasteiger partial charge in [0.25, 0.3) is 0 Å². The van der Waals surface area contributed by atoms with E-state index in [1.165, 1.54) is 19.2 Å². The van der Waals surface area contributed by atoms with Crippen molar-refractivity contribution in [2.24, 2.45) is 29.6 Å². The maximum Gasteiger partial charge on any atom is 0.396 e. The lowest BCUT2D eigenvalue weighted by Crippen LogP contribution is -2.37. The first-order valence-corrected chi connectivity index (χ1v) is 30.0. The van der Waals surface area contributed by atoms with Gasteiger partial charge in [0.1, 0.15) is 38.3 Å². The molecule has 80 heavy (non-hydrogen) atoms. The Kier molecular flexibility index (Phi) is 31.7. The lowest BCUT2D eigenvalue weighted by atomic mass is 9.80. The van der Waals surface area contributed by atoms with Gasteiger partial charge in [-0.1, -0.05) is 74.3 Å². The van der Waals surface area contributed by atoms with Gasteiger partial charge in [0.05, 0.1) is 57.9 Å². The average molecular weight is 1250 g/mol. The van der Waals surface area contributed by atoms with E-state index in [1.54, 1.807) is 12.1 Å². The van der Waals surface area contributed by atoms with E-state index in [-0.39, 0.29) is 49.4 Å². The van der Waals surface area contributed by atoms with Crippen molar-refractivity contribution in [2.75, 3.05) is 60.0 Å². The Bertz CT molecular complexity index is 2440. The summed E-state index contributed by atoms with van der Waals surface area (Å²) in [6.07, 6.45) is 6.32. The van der Waals surface area contributed by atoms with Crippen molar-refractivity contribution in [3.8, 4) is 11.8 Å². The number of alkyl halides is 8. The molecular formula is C46H71F8NO21S4+4. The Morgan fingerprint density at radius 3 is 1.38 bits per heavy atom. The van der Waals surface area contributed by atoms with E-state index in [2.05, 4.69) is 70.2 Å². The predicted octanol–water partition coefficient (Wildman–Crippen LogP) is 6.11. The summed E-state index contributed by atoms with van der Waals surface area (Å²) in [7, 11) is -9.09. The summed E-state index contributed by atoms with van der Waals surface area (Å²) < 4.78 is 229. The Morgan fingerprint density at radius 2 is 1.00 bits per heavy atom. The Hall–Kier alpha value is -3.25. The van der Waals surface area contributed by atoms with Crippen LogP contribution in [0.1, 0.15) is 95.6 Å². The molecule has 1 aromatic rings. The number of ether oxygens (including phenoxy) is 5. The fourth-order valence-corrected chi connectivity index (χ4v) is 9.80. The lowest BCUT2D eigenvalue weighted by Gasteiger charge is -2.28. The molecule has 0 aromatic heterocycles. The summed E-state index contributed by atoms with van der Waals surface area (Å²) in [5.41, 5.74) is 0.412. The maximum atomic E-state index is 13.3. The number of methoxy groups -OCH3 is 1. The third-order valence-corrected chi connectivity index (χ3v) is 17.4. The number of benzene rings is 1. The highest BCUT2D eigenvalue weighted by atomic mass is 32.2. The number of nitrogens with zero attached hydrogens (tertiary/aromatic N) is 1. The molecular weight excluding hydrogens is 1180 g/mol. The quantitative estimate of drug-likeness (QED) is 0.0267. The van der Waals surface area contributed by atoms with Crippen LogP contribution in [0.25, 0.3) is 0 Å². The summed E-state index contributed by atoms with van der Waals surface area (Å²) in [6.45, 7) is -5.05. The van der Waals surface area contributed by atoms with Gasteiger partial charge in [0, 0.05) is 5.92 Å². The van der Waals surface area contributed by atoms with Gasteiger partial charge in [-0.15, -0.1) is 0 Å². The standard InChI is InChI=1S/C13H18F2NO5S.C12H15F2O6S.C11H21F2O5S.C10H17F2O5S/c1-20-22(18,19)13(14,15)7-21-6-12(17)11-4-8-2-9(11)3-10(8)5-16;1-18-10-5-3-9(4-6-10)11(15)7-20-8-12(13,14)21(16,17)19-2;1-3-4-5-6-7-10(14)8-18-9-11(12,13)19(15,16)17-2;1-16-18(14,15)10(11,12)7-17-6-9(13)8-4-2-3-5-8/h8-12,17H,1-4,6-7H2;3-6,11,15H,2,7-8H2,1H3;10,14H,2-9H2,1H3;8-9,13H,1-7H2/q4*+1. The average Bonchev–Trinajstić information content (AvgIpc) is 4.20. The van der Waals surface area contributed by atoms with E-state index in [0.29, 0.717) is 30.6 Å². The fourth-order valence-electron chi connectivity index (χ4n) is 8.20. The van der Waals surface area contributed by atoms with Gasteiger partial charge in [-0.3, -0.25) is 0 Å². The molecule has 1 aromatic carbocycles. The van der Waals surface area contributed by atoms with Crippen molar-refractivity contribution in [1.82, 2.24) is 0 Å². The van der Waals surface area contributed by atoms with Crippen LogP contribution in [0.2, 0.25) is 0 Å². The minimum atomic E-state index is -5.14. The number of nitriles is 1. The zero-order chi connectivity index (χ0) is 61.4. The molecule has 2 bridgehead atoms. The van der Waals surface area contributed by atoms with Gasteiger partial charge < -0.3 is 44.1 Å². The van der Waals surface area contributed by atoms with Crippen LogP contribution in [-0.2, 0) is 76.2 Å². The lowest BCUT2D eigenvalue weighted by molar-refractivity contribution is -0.0634. The number of rotatable bonds is 33. The number of aliphatic hydroxyl groups excluding tert-OH is 4. The van der Waals surface area contributed by atoms with E-state index in [0.717, 1.165) is 57.8 Å². The highest BCUT2D eigenvalue weighted by Gasteiger charge is 2.52. The molecule has 8 atom stereocenters. The fraction of sp³-hybridized carbons (Fsp3) is 0.761. The van der Waals surface area contributed by atoms with E-state index >= 15 is 0 Å². The van der Waals surface area contributed by atoms with Crippen LogP contribution in [-0.4, -0.2) is 153 Å². The molecule has 4 rings (SSSR count). The zero-order valence-electron chi connectivity index (χ0n) is 43.8. The number of aliphatic hydroxyl groups is 4. The smallest absolute Gasteiger partial charge is 0.396 e. The third kappa shape index (κ3) is 23.4. The van der Waals surface area contributed by atoms with Crippen LogP contribution in [0.4, 0.5) is 35.1 Å². The first-order chi connectivity index (χ1) is 37.0. The summed E-state index contributed by atoms with van der Waals surface area (Å²) in [4.78, 5) is 0. The van der Waals surface area contributed by atoms with Crippen molar-refractivity contribution in [3.63, 3.8) is 0 Å². The predicted molar refractivity (Wildman–Crippen MR) is 265 cm³/mol. The van der Waals surface area contributed by atoms with Crippen molar-refractivity contribution >= 4 is 40.5 Å². The SMILES string of the molecule is [CH2+]OS(=O)(=O)C(F)(F)COCC(O)C1CC2CC1CC2C#N.[CH2+]OS(=O)(=O)C(F)(F)COCC(O)C1CCCC1.[CH2+]OS(=O)(=O)C(F)(F)COCC(O)CCCCCC.[CH2+]OS(=O)(=O)C(F)(F)COCC(O)c1ccc(OC)cc1. The summed E-state index contributed by atoms with van der Waals surface area (Å²) >= 11 is 0. The molecule has 462 valence electrons. The number of halogens is 8. The van der Waals surface area contributed by atoms with Gasteiger partial charge >= 0.3 is 61.5 Å². The molecule has 0 spiro atoms.